The van der Waals surface area contributed by atoms with Gasteiger partial charge in [-0.3, -0.25) is 4.79 Å². The number of carbonyl (C=O) groups excluding carboxylic acids is 2. The molecule has 0 amide bonds. The Bertz CT molecular complexity index is 616. The van der Waals surface area contributed by atoms with Gasteiger partial charge in [-0.25, -0.2) is 9.59 Å². The molecule has 0 saturated heterocycles. The van der Waals surface area contributed by atoms with E-state index in [1.54, 1.807) is 0 Å². The molecule has 0 bridgehead atoms. The van der Waals surface area contributed by atoms with Crippen LogP contribution in [0.4, 0.5) is 0 Å². The lowest BCUT2D eigenvalue weighted by atomic mass is 9.75. The van der Waals surface area contributed by atoms with Crippen LogP contribution < -0.4 is 5.56 Å². The van der Waals surface area contributed by atoms with Crippen LogP contribution in [0.1, 0.15) is 50.4 Å². The van der Waals surface area contributed by atoms with Gasteiger partial charge < -0.3 is 14.5 Å². The predicted molar refractivity (Wildman–Crippen MR) is 88.6 cm³/mol. The van der Waals surface area contributed by atoms with Crippen molar-refractivity contribution in [2.24, 2.45) is 17.8 Å². The molecule has 2 rings (SSSR count). The Labute approximate surface area is 141 Å². The number of carbonyl (C=O) groups is 2. The fourth-order valence-electron chi connectivity index (χ4n) is 3.20. The van der Waals surface area contributed by atoms with Gasteiger partial charge in [-0.05, 0) is 36.7 Å². The van der Waals surface area contributed by atoms with E-state index in [2.05, 4.69) is 25.8 Å². The molecule has 0 unspecified atom stereocenters. The minimum atomic E-state index is -0.666. The topological polar surface area (TPSA) is 85.5 Å². The van der Waals surface area contributed by atoms with Crippen molar-refractivity contribution in [3.8, 4) is 0 Å². The number of rotatable bonds is 5. The van der Waals surface area contributed by atoms with Crippen molar-refractivity contribution in [2.45, 2.75) is 46.1 Å². The van der Waals surface area contributed by atoms with Crippen molar-refractivity contribution in [3.05, 3.63) is 34.2 Å². The second-order valence-corrected chi connectivity index (χ2v) is 6.87. The van der Waals surface area contributed by atoms with Gasteiger partial charge in [0.2, 0.25) is 5.56 Å². The van der Waals surface area contributed by atoms with Gasteiger partial charge in [-0.2, -0.15) is 0 Å². The van der Waals surface area contributed by atoms with Gasteiger partial charge in [0, 0.05) is 12.3 Å². The summed E-state index contributed by atoms with van der Waals surface area (Å²) in [5.74, 6) is 0.124. The maximum absolute atomic E-state index is 12.0. The highest BCUT2D eigenvalue weighted by Gasteiger charge is 2.33. The minimum Gasteiger partial charge on any atom is -0.460 e. The quantitative estimate of drug-likeness (QED) is 0.836. The van der Waals surface area contributed by atoms with E-state index >= 15 is 0 Å². The summed E-state index contributed by atoms with van der Waals surface area (Å²) in [5, 5.41) is 0. The Hall–Kier alpha value is -2.11. The summed E-state index contributed by atoms with van der Waals surface area (Å²) in [7, 11) is 0. The molecule has 0 radical (unpaired) electrons. The maximum atomic E-state index is 12.0. The van der Waals surface area contributed by atoms with Gasteiger partial charge in [0.1, 0.15) is 6.10 Å². The van der Waals surface area contributed by atoms with Crippen LogP contribution in [-0.2, 0) is 14.3 Å². The Morgan fingerprint density at radius 2 is 2.04 bits per heavy atom. The standard InChI is InChI=1S/C18H25NO5/c1-11(2)14-6-4-12(3)8-15(14)24-17(21)10-23-18(22)13-5-7-16(20)19-9-13/h5,7,9,11-12,14-15H,4,6,8,10H2,1-3H3,(H,19,20)/t12-,14+,15+/m1/s1. The van der Waals surface area contributed by atoms with E-state index in [9.17, 15) is 14.4 Å². The predicted octanol–water partition coefficient (Wildman–Crippen LogP) is 2.54. The van der Waals surface area contributed by atoms with Crippen LogP contribution in [0.5, 0.6) is 0 Å². The zero-order valence-corrected chi connectivity index (χ0v) is 14.4. The van der Waals surface area contributed by atoms with E-state index in [1.807, 2.05) is 0 Å². The first-order valence-electron chi connectivity index (χ1n) is 8.42. The maximum Gasteiger partial charge on any atom is 0.344 e. The second kappa shape index (κ2) is 8.13. The Kier molecular flexibility index (Phi) is 6.17. The third kappa shape index (κ3) is 4.94. The van der Waals surface area contributed by atoms with E-state index < -0.39 is 18.5 Å². The lowest BCUT2D eigenvalue weighted by molar-refractivity contribution is -0.159. The third-order valence-electron chi connectivity index (χ3n) is 4.59. The summed E-state index contributed by atoms with van der Waals surface area (Å²) in [6.45, 7) is 6.01. The van der Waals surface area contributed by atoms with Crippen LogP contribution in [0.2, 0.25) is 0 Å². The van der Waals surface area contributed by atoms with Crippen molar-refractivity contribution >= 4 is 11.9 Å². The molecule has 0 spiro atoms. The Morgan fingerprint density at radius 1 is 1.29 bits per heavy atom. The van der Waals surface area contributed by atoms with E-state index in [1.165, 1.54) is 18.3 Å². The van der Waals surface area contributed by atoms with Gasteiger partial charge in [0.05, 0.1) is 5.56 Å². The van der Waals surface area contributed by atoms with E-state index in [0.29, 0.717) is 17.8 Å². The van der Waals surface area contributed by atoms with Crippen LogP contribution in [0.3, 0.4) is 0 Å². The number of esters is 2. The first-order valence-corrected chi connectivity index (χ1v) is 8.42. The number of H-pyrrole nitrogens is 1. The summed E-state index contributed by atoms with van der Waals surface area (Å²) >= 11 is 0. The van der Waals surface area contributed by atoms with Crippen LogP contribution in [0.15, 0.2) is 23.1 Å². The Morgan fingerprint density at radius 3 is 2.67 bits per heavy atom. The fourth-order valence-corrected chi connectivity index (χ4v) is 3.20. The van der Waals surface area contributed by atoms with Gasteiger partial charge in [0.15, 0.2) is 6.61 Å². The number of aromatic nitrogens is 1. The van der Waals surface area contributed by atoms with Gasteiger partial charge in [0.25, 0.3) is 0 Å². The molecule has 1 heterocycles. The monoisotopic (exact) mass is 335 g/mol. The first kappa shape index (κ1) is 18.2. The highest BCUT2D eigenvalue weighted by atomic mass is 16.6. The highest BCUT2D eigenvalue weighted by Crippen LogP contribution is 2.35. The summed E-state index contributed by atoms with van der Waals surface area (Å²) in [6, 6.07) is 2.58. The van der Waals surface area contributed by atoms with Gasteiger partial charge in [-0.15, -0.1) is 0 Å². The number of hydrogen-bond donors (Lipinski definition) is 1. The lowest BCUT2D eigenvalue weighted by Gasteiger charge is -2.36. The molecule has 1 aromatic heterocycles. The molecule has 1 aliphatic rings. The molecule has 6 nitrogen and oxygen atoms in total. The van der Waals surface area contributed by atoms with Crippen molar-refractivity contribution < 1.29 is 19.1 Å². The molecule has 1 saturated carbocycles. The van der Waals surface area contributed by atoms with Crippen LogP contribution in [0, 0.1) is 17.8 Å². The largest absolute Gasteiger partial charge is 0.460 e. The fraction of sp³-hybridized carbons (Fsp3) is 0.611. The smallest absolute Gasteiger partial charge is 0.344 e. The average Bonchev–Trinajstić information content (AvgIpc) is 2.53. The van der Waals surface area contributed by atoms with Gasteiger partial charge in [-0.1, -0.05) is 27.2 Å². The summed E-state index contributed by atoms with van der Waals surface area (Å²) < 4.78 is 10.5. The van der Waals surface area contributed by atoms with E-state index in [-0.39, 0.29) is 17.2 Å². The van der Waals surface area contributed by atoms with Crippen molar-refractivity contribution in [2.75, 3.05) is 6.61 Å². The van der Waals surface area contributed by atoms with E-state index in [4.69, 9.17) is 9.47 Å². The number of hydrogen-bond acceptors (Lipinski definition) is 5. The normalized spacial score (nSPS) is 23.8. The average molecular weight is 335 g/mol. The second-order valence-electron chi connectivity index (χ2n) is 6.87. The summed E-state index contributed by atoms with van der Waals surface area (Å²) in [4.78, 5) is 37.2. The summed E-state index contributed by atoms with van der Waals surface area (Å²) in [5.41, 5.74) is -0.120. The van der Waals surface area contributed by atoms with Crippen molar-refractivity contribution in [1.29, 1.82) is 0 Å². The molecular formula is C18H25NO5. The molecular weight excluding hydrogens is 310 g/mol. The molecule has 24 heavy (non-hydrogen) atoms. The van der Waals surface area contributed by atoms with Crippen LogP contribution >= 0.6 is 0 Å². The lowest BCUT2D eigenvalue weighted by Crippen LogP contribution is -2.36. The molecule has 6 heteroatoms. The number of ether oxygens (including phenoxy) is 2. The molecule has 1 fully saturated rings. The first-order chi connectivity index (χ1) is 11.4. The van der Waals surface area contributed by atoms with Crippen LogP contribution in [-0.4, -0.2) is 29.6 Å². The zero-order chi connectivity index (χ0) is 17.7. The number of aromatic amines is 1. The molecule has 1 N–H and O–H groups in total. The number of nitrogens with one attached hydrogen (secondary N) is 1. The molecule has 3 atom stereocenters. The molecule has 0 aliphatic heterocycles. The number of pyridine rings is 1. The molecule has 1 aliphatic carbocycles. The van der Waals surface area contributed by atoms with Crippen LogP contribution in [0.25, 0.3) is 0 Å². The van der Waals surface area contributed by atoms with E-state index in [0.717, 1.165) is 19.3 Å². The molecule has 0 aromatic carbocycles. The Balaban J connectivity index is 1.86. The highest BCUT2D eigenvalue weighted by molar-refractivity contribution is 5.90. The SMILES string of the molecule is CC(C)[C@@H]1CC[C@@H](C)C[C@@H]1OC(=O)COC(=O)c1ccc(=O)[nH]c1. The molecule has 132 valence electrons. The summed E-state index contributed by atoms with van der Waals surface area (Å²) in [6.07, 6.45) is 4.19. The minimum absolute atomic E-state index is 0.118. The molecule has 1 aromatic rings. The van der Waals surface area contributed by atoms with Crippen molar-refractivity contribution in [1.82, 2.24) is 4.98 Å². The van der Waals surface area contributed by atoms with Crippen molar-refractivity contribution in [3.63, 3.8) is 0 Å². The van der Waals surface area contributed by atoms with Gasteiger partial charge >= 0.3 is 11.9 Å². The zero-order valence-electron chi connectivity index (χ0n) is 14.4. The third-order valence-corrected chi connectivity index (χ3v) is 4.59.